The summed E-state index contributed by atoms with van der Waals surface area (Å²) in [6, 6.07) is 10.2. The first-order valence-electron chi connectivity index (χ1n) is 7.66. The summed E-state index contributed by atoms with van der Waals surface area (Å²) in [6.45, 7) is 0.584. The quantitative estimate of drug-likeness (QED) is 0.435. The first kappa shape index (κ1) is 17.9. The van der Waals surface area contributed by atoms with Crippen LogP contribution in [-0.4, -0.2) is 42.3 Å². The molecule has 0 saturated heterocycles. The Morgan fingerprint density at radius 1 is 0.917 bits per heavy atom. The van der Waals surface area contributed by atoms with Gasteiger partial charge in [0.05, 0.1) is 14.2 Å². The van der Waals surface area contributed by atoms with Crippen LogP contribution in [-0.2, 0) is 12.8 Å². The third kappa shape index (κ3) is 4.78. The van der Waals surface area contributed by atoms with Crippen molar-refractivity contribution in [2.45, 2.75) is 19.1 Å². The highest BCUT2D eigenvalue weighted by Crippen LogP contribution is 2.27. The minimum Gasteiger partial charge on any atom is -0.504 e. The highest BCUT2D eigenvalue weighted by atomic mass is 16.5. The molecule has 130 valence electrons. The number of ether oxygens (including phenoxy) is 2. The van der Waals surface area contributed by atoms with Gasteiger partial charge in [-0.05, 0) is 41.8 Å². The van der Waals surface area contributed by atoms with Gasteiger partial charge in [-0.15, -0.1) is 0 Å². The second-order valence-corrected chi connectivity index (χ2v) is 5.44. The summed E-state index contributed by atoms with van der Waals surface area (Å²) >= 11 is 0. The molecular formula is C18H23NO5. The molecule has 2 rings (SSSR count). The Bertz CT molecular complexity index is 674. The summed E-state index contributed by atoms with van der Waals surface area (Å²) in [7, 11) is 3.19. The number of aromatic hydroxyl groups is 2. The lowest BCUT2D eigenvalue weighted by Gasteiger charge is -2.14. The maximum atomic E-state index is 10.0. The van der Waals surface area contributed by atoms with E-state index >= 15 is 0 Å². The lowest BCUT2D eigenvalue weighted by atomic mass is 10.1. The molecule has 1 unspecified atom stereocenters. The number of phenolic OH excluding ortho intramolecular Hbond substituents is 2. The van der Waals surface area contributed by atoms with Crippen LogP contribution in [0.1, 0.15) is 11.1 Å². The Balaban J connectivity index is 1.83. The Hall–Kier alpha value is -2.44. The number of aliphatic hydroxyl groups is 1. The number of phenols is 2. The molecule has 1 atom stereocenters. The maximum absolute atomic E-state index is 10.0. The van der Waals surface area contributed by atoms with Gasteiger partial charge < -0.3 is 24.8 Å². The van der Waals surface area contributed by atoms with E-state index in [-0.39, 0.29) is 11.5 Å². The Kier molecular flexibility index (Phi) is 6.28. The average molecular weight is 333 g/mol. The fraction of sp³-hybridized carbons (Fsp3) is 0.333. The Labute approximate surface area is 141 Å². The molecule has 2 aromatic carbocycles. The molecular weight excluding hydrogens is 310 g/mol. The number of hydrogen-bond donors (Lipinski definition) is 4. The van der Waals surface area contributed by atoms with E-state index in [0.717, 1.165) is 17.5 Å². The molecule has 0 amide bonds. The van der Waals surface area contributed by atoms with Gasteiger partial charge in [-0.2, -0.15) is 0 Å². The number of hydrogen-bond acceptors (Lipinski definition) is 6. The van der Waals surface area contributed by atoms with Crippen LogP contribution in [0.15, 0.2) is 36.4 Å². The van der Waals surface area contributed by atoms with E-state index in [1.165, 1.54) is 12.1 Å². The van der Waals surface area contributed by atoms with Crippen LogP contribution in [0.4, 0.5) is 0 Å². The second kappa shape index (κ2) is 8.42. The first-order chi connectivity index (χ1) is 11.5. The number of aliphatic hydroxyl groups excluding tert-OH is 1. The van der Waals surface area contributed by atoms with E-state index in [1.54, 1.807) is 20.3 Å². The van der Waals surface area contributed by atoms with Crippen LogP contribution < -0.4 is 14.8 Å². The predicted octanol–water partition coefficient (Wildman–Crippen LogP) is 1.81. The Morgan fingerprint density at radius 2 is 1.62 bits per heavy atom. The zero-order chi connectivity index (χ0) is 17.5. The van der Waals surface area contributed by atoms with Gasteiger partial charge in [-0.1, -0.05) is 12.1 Å². The van der Waals surface area contributed by atoms with Gasteiger partial charge in [0.15, 0.2) is 23.0 Å². The molecule has 0 aliphatic carbocycles. The number of nitrogens with one attached hydrogen (secondary N) is 1. The summed E-state index contributed by atoms with van der Waals surface area (Å²) in [4.78, 5) is 0. The Morgan fingerprint density at radius 3 is 2.29 bits per heavy atom. The van der Waals surface area contributed by atoms with Crippen LogP contribution in [0.3, 0.4) is 0 Å². The molecule has 0 aliphatic heterocycles. The molecule has 0 spiro atoms. The van der Waals surface area contributed by atoms with Crippen LogP contribution in [0.5, 0.6) is 23.0 Å². The average Bonchev–Trinajstić information content (AvgIpc) is 2.58. The van der Waals surface area contributed by atoms with Crippen LogP contribution in [0.25, 0.3) is 0 Å². The van der Waals surface area contributed by atoms with Crippen LogP contribution in [0, 0.1) is 0 Å². The van der Waals surface area contributed by atoms with Crippen molar-refractivity contribution < 1.29 is 24.8 Å². The summed E-state index contributed by atoms with van der Waals surface area (Å²) in [5.41, 5.74) is 1.80. The lowest BCUT2D eigenvalue weighted by molar-refractivity contribution is 0.138. The summed E-state index contributed by atoms with van der Waals surface area (Å²) in [5, 5.41) is 31.8. The molecule has 0 bridgehead atoms. The highest BCUT2D eigenvalue weighted by Gasteiger charge is 2.08. The fourth-order valence-corrected chi connectivity index (χ4v) is 2.41. The molecule has 0 aromatic heterocycles. The number of rotatable bonds is 8. The van der Waals surface area contributed by atoms with Crippen molar-refractivity contribution in [3.05, 3.63) is 47.5 Å². The zero-order valence-electron chi connectivity index (χ0n) is 13.8. The van der Waals surface area contributed by atoms with Gasteiger partial charge in [0.1, 0.15) is 6.23 Å². The van der Waals surface area contributed by atoms with E-state index in [9.17, 15) is 15.3 Å². The van der Waals surface area contributed by atoms with E-state index in [2.05, 4.69) is 5.32 Å². The summed E-state index contributed by atoms with van der Waals surface area (Å²) < 4.78 is 10.5. The van der Waals surface area contributed by atoms with Gasteiger partial charge in [-0.3, -0.25) is 5.32 Å². The number of benzene rings is 2. The van der Waals surface area contributed by atoms with Crippen molar-refractivity contribution >= 4 is 0 Å². The normalized spacial score (nSPS) is 12.0. The third-order valence-corrected chi connectivity index (χ3v) is 3.71. The van der Waals surface area contributed by atoms with Gasteiger partial charge in [0.25, 0.3) is 0 Å². The first-order valence-corrected chi connectivity index (χ1v) is 7.66. The van der Waals surface area contributed by atoms with Gasteiger partial charge >= 0.3 is 0 Å². The van der Waals surface area contributed by atoms with Crippen molar-refractivity contribution in [2.75, 3.05) is 20.8 Å². The number of methoxy groups -OCH3 is 2. The minimum atomic E-state index is -0.742. The standard InChI is InChI=1S/C18H23NO5/c1-23-16-6-4-12(10-17(16)24-2)7-8-19-18(22)11-13-3-5-14(20)15(21)9-13/h3-6,9-10,18-22H,7-8,11H2,1-2H3. The topological polar surface area (TPSA) is 91.2 Å². The highest BCUT2D eigenvalue weighted by molar-refractivity contribution is 5.43. The predicted molar refractivity (Wildman–Crippen MR) is 90.7 cm³/mol. The largest absolute Gasteiger partial charge is 0.504 e. The van der Waals surface area contributed by atoms with E-state index in [0.29, 0.717) is 24.5 Å². The monoisotopic (exact) mass is 333 g/mol. The third-order valence-electron chi connectivity index (χ3n) is 3.71. The summed E-state index contributed by atoms with van der Waals surface area (Å²) in [6.07, 6.45) is 0.312. The summed E-state index contributed by atoms with van der Waals surface area (Å²) in [5.74, 6) is 0.996. The smallest absolute Gasteiger partial charge is 0.160 e. The molecule has 2 aromatic rings. The van der Waals surface area contributed by atoms with Crippen LogP contribution in [0.2, 0.25) is 0 Å². The molecule has 6 heteroatoms. The van der Waals surface area contributed by atoms with Crippen molar-refractivity contribution in [1.82, 2.24) is 5.32 Å². The zero-order valence-corrected chi connectivity index (χ0v) is 13.8. The fourth-order valence-electron chi connectivity index (χ4n) is 2.41. The molecule has 6 nitrogen and oxygen atoms in total. The second-order valence-electron chi connectivity index (χ2n) is 5.44. The van der Waals surface area contributed by atoms with Crippen molar-refractivity contribution in [1.29, 1.82) is 0 Å². The maximum Gasteiger partial charge on any atom is 0.160 e. The molecule has 0 radical (unpaired) electrons. The molecule has 0 fully saturated rings. The van der Waals surface area contributed by atoms with E-state index in [4.69, 9.17) is 9.47 Å². The molecule has 0 saturated carbocycles. The molecule has 0 heterocycles. The molecule has 24 heavy (non-hydrogen) atoms. The SMILES string of the molecule is COc1ccc(CCNC(O)Cc2ccc(O)c(O)c2)cc1OC. The van der Waals surface area contributed by atoms with Crippen molar-refractivity contribution in [3.63, 3.8) is 0 Å². The lowest BCUT2D eigenvalue weighted by Crippen LogP contribution is -2.32. The molecule has 0 aliphatic rings. The van der Waals surface area contributed by atoms with Gasteiger partial charge in [0.2, 0.25) is 0 Å². The van der Waals surface area contributed by atoms with Crippen molar-refractivity contribution in [2.24, 2.45) is 0 Å². The van der Waals surface area contributed by atoms with E-state index < -0.39 is 6.23 Å². The van der Waals surface area contributed by atoms with E-state index in [1.807, 2.05) is 18.2 Å². The minimum absolute atomic E-state index is 0.172. The van der Waals surface area contributed by atoms with Gasteiger partial charge in [0, 0.05) is 13.0 Å². The van der Waals surface area contributed by atoms with Crippen molar-refractivity contribution in [3.8, 4) is 23.0 Å². The van der Waals surface area contributed by atoms with Crippen LogP contribution >= 0.6 is 0 Å². The van der Waals surface area contributed by atoms with Gasteiger partial charge in [-0.25, -0.2) is 0 Å². The molecule has 4 N–H and O–H groups in total.